The van der Waals surface area contributed by atoms with Gasteiger partial charge in [-0.2, -0.15) is 25.3 Å². The van der Waals surface area contributed by atoms with Crippen molar-refractivity contribution >= 4 is 123 Å². The van der Waals surface area contributed by atoms with E-state index in [1.165, 1.54) is 27.7 Å². The first kappa shape index (κ1) is 53.5. The molecule has 0 spiro atoms. The first-order valence-electron chi connectivity index (χ1n) is 18.5. The Kier molecular flexibility index (Phi) is 23.0. The minimum Gasteiger partial charge on any atom is -0.481 e. The fourth-order valence-corrected chi connectivity index (χ4v) is 9.67. The molecular weight excluding hydrogens is 976 g/mol. The number of hydrogen-bond acceptors (Lipinski definition) is 13. The van der Waals surface area contributed by atoms with E-state index in [0.29, 0.717) is 22.0 Å². The minimum absolute atomic E-state index is 0.0486. The largest absolute Gasteiger partial charge is 0.481 e. The second-order valence-electron chi connectivity index (χ2n) is 12.8. The Hall–Kier alpha value is -4.80. The lowest BCUT2D eigenvalue weighted by atomic mass is 10.2. The quantitative estimate of drug-likeness (QED) is 0.0246. The van der Waals surface area contributed by atoms with Crippen LogP contribution in [0.1, 0.15) is 17.5 Å². The molecular formula is C43H43ClN4O9S7. The van der Waals surface area contributed by atoms with E-state index in [9.17, 15) is 36.5 Å². The van der Waals surface area contributed by atoms with Crippen LogP contribution in [0, 0.1) is 24.0 Å². The van der Waals surface area contributed by atoms with Crippen molar-refractivity contribution < 1.29 is 36.5 Å². The number of nitro groups is 1. The molecule has 13 nitrogen and oxygen atoms in total. The molecule has 0 heterocycles. The molecule has 64 heavy (non-hydrogen) atoms. The zero-order valence-corrected chi connectivity index (χ0v) is 40.7. The average molecular weight is 1020 g/mol. The smallest absolute Gasteiger partial charge is 0.304 e. The number of thiol groups is 2. The van der Waals surface area contributed by atoms with Gasteiger partial charge in [0.2, 0.25) is 5.91 Å². The monoisotopic (exact) mass is 1020 g/mol. The van der Waals surface area contributed by atoms with Crippen molar-refractivity contribution in [3.63, 3.8) is 0 Å². The number of halogens is 1. The topological polar surface area (TPSA) is 202 Å². The van der Waals surface area contributed by atoms with Crippen LogP contribution in [0.15, 0.2) is 176 Å². The predicted octanol–water partition coefficient (Wildman–Crippen LogP) is 11.5. The van der Waals surface area contributed by atoms with E-state index in [1.54, 1.807) is 91.0 Å². The maximum atomic E-state index is 12.6. The number of sulfonamides is 2. The highest BCUT2D eigenvalue weighted by Crippen LogP contribution is 2.38. The lowest BCUT2D eigenvalue weighted by Gasteiger charge is -2.10. The molecule has 0 unspecified atom stereocenters. The van der Waals surface area contributed by atoms with E-state index in [0.717, 1.165) is 37.6 Å². The highest BCUT2D eigenvalue weighted by Gasteiger charge is 2.15. The summed E-state index contributed by atoms with van der Waals surface area (Å²) in [7, 11) is 1.98. The Morgan fingerprint density at radius 2 is 1.06 bits per heavy atom. The van der Waals surface area contributed by atoms with Crippen molar-refractivity contribution in [2.24, 2.45) is 0 Å². The molecule has 0 saturated carbocycles. The lowest BCUT2D eigenvalue weighted by Crippen LogP contribution is -2.12. The van der Waals surface area contributed by atoms with Crippen LogP contribution in [-0.4, -0.2) is 50.2 Å². The number of anilines is 3. The van der Waals surface area contributed by atoms with E-state index in [4.69, 9.17) is 15.8 Å². The molecule has 0 aromatic heterocycles. The Labute approximate surface area is 400 Å². The zero-order valence-electron chi connectivity index (χ0n) is 34.0. The van der Waals surface area contributed by atoms with Gasteiger partial charge in [0.05, 0.1) is 26.9 Å². The van der Waals surface area contributed by atoms with Crippen LogP contribution in [-0.2, 0) is 29.6 Å². The van der Waals surface area contributed by atoms with E-state index in [1.807, 2.05) is 68.4 Å². The Morgan fingerprint density at radius 1 is 0.641 bits per heavy atom. The third-order valence-corrected chi connectivity index (χ3v) is 14.5. The van der Waals surface area contributed by atoms with Crippen molar-refractivity contribution in [1.29, 1.82) is 0 Å². The summed E-state index contributed by atoms with van der Waals surface area (Å²) in [6.45, 7) is 3.81. The molecule has 0 aliphatic rings. The average Bonchev–Trinajstić information content (AvgIpc) is 3.27. The van der Waals surface area contributed by atoms with Crippen molar-refractivity contribution in [3.8, 4) is 0 Å². The molecule has 1 amide bonds. The second kappa shape index (κ2) is 27.5. The highest BCUT2D eigenvalue weighted by molar-refractivity contribution is 8.76. The molecule has 0 aliphatic carbocycles. The van der Waals surface area contributed by atoms with Crippen LogP contribution in [0.25, 0.3) is 0 Å². The Morgan fingerprint density at radius 3 is 1.41 bits per heavy atom. The summed E-state index contributed by atoms with van der Waals surface area (Å²) in [5.41, 5.74) is 3.81. The predicted molar refractivity (Wildman–Crippen MR) is 268 cm³/mol. The van der Waals surface area contributed by atoms with Crippen LogP contribution in [0.3, 0.4) is 0 Å². The fraction of sp³-hybridized carbons (Fsp3) is 0.116. The molecule has 0 aliphatic heterocycles. The normalized spacial score (nSPS) is 10.6. The number of carboxylic acid groups (broad SMARTS) is 1. The van der Waals surface area contributed by atoms with Crippen LogP contribution in [0.2, 0.25) is 0 Å². The summed E-state index contributed by atoms with van der Waals surface area (Å²) in [5.74, 6) is -0.228. The molecule has 0 fully saturated rings. The summed E-state index contributed by atoms with van der Waals surface area (Å²) in [6, 6.07) is 43.3. The standard InChI is InChI=1S/C26H24N2O4S4.C8H9NOS.C6H4ClNO2S.C3H6O2S/c1-19-3-15-25(16-4-19)35(29,30)27-21-7-11-23(12-8-21)33-34-24-13-9-22(10-14-24)28-36(31,32)26-17-5-20(2)6-18-26;10-8(6-11)9-7-4-2-1-3-5-7;7-11-6-4-2-1-3-5(6)8(9)10;4-3(5)1-2-6/h3-18,27-28H,1-2H3;1-5,11H,6H2,(H,9,10);1-4H;6H,1-2H2,(H,4,5). The van der Waals surface area contributed by atoms with Crippen molar-refractivity contribution in [2.45, 2.75) is 44.7 Å². The van der Waals surface area contributed by atoms with Crippen molar-refractivity contribution in [1.82, 2.24) is 0 Å². The van der Waals surface area contributed by atoms with Crippen molar-refractivity contribution in [3.05, 3.63) is 173 Å². The summed E-state index contributed by atoms with van der Waals surface area (Å²) in [4.78, 5) is 33.0. The molecule has 0 saturated heterocycles. The van der Waals surface area contributed by atoms with E-state index in [-0.39, 0.29) is 33.6 Å². The van der Waals surface area contributed by atoms with Gasteiger partial charge in [0.15, 0.2) is 0 Å². The number of hydrogen-bond donors (Lipinski definition) is 6. The summed E-state index contributed by atoms with van der Waals surface area (Å²) < 4.78 is 55.4. The zero-order chi connectivity index (χ0) is 47.1. The Balaban J connectivity index is 0.000000313. The highest BCUT2D eigenvalue weighted by atomic mass is 35.7. The molecule has 0 radical (unpaired) electrons. The van der Waals surface area contributed by atoms with Gasteiger partial charge >= 0.3 is 5.97 Å². The maximum absolute atomic E-state index is 12.6. The number of nitro benzene ring substituents is 1. The van der Waals surface area contributed by atoms with Gasteiger partial charge in [-0.05, 0) is 127 Å². The lowest BCUT2D eigenvalue weighted by molar-refractivity contribution is -0.387. The van der Waals surface area contributed by atoms with Gasteiger partial charge < -0.3 is 10.4 Å². The summed E-state index contributed by atoms with van der Waals surface area (Å²) in [6.07, 6.45) is 0.156. The number of carboxylic acids is 1. The van der Waals surface area contributed by atoms with Gasteiger partial charge in [-0.3, -0.25) is 29.1 Å². The maximum Gasteiger partial charge on any atom is 0.304 e. The van der Waals surface area contributed by atoms with Crippen LogP contribution in [0.4, 0.5) is 22.7 Å². The number of rotatable bonds is 15. The van der Waals surface area contributed by atoms with Gasteiger partial charge in [0.1, 0.15) is 4.90 Å². The first-order chi connectivity index (χ1) is 30.5. The molecule has 6 aromatic rings. The Bertz CT molecular complexity index is 2510. The number of carbonyl (C=O) groups excluding carboxylic acids is 1. The third kappa shape index (κ3) is 19.5. The van der Waals surface area contributed by atoms with Gasteiger partial charge in [0, 0.05) is 38.7 Å². The number of amides is 1. The van der Waals surface area contributed by atoms with Gasteiger partial charge in [0.25, 0.3) is 25.7 Å². The van der Waals surface area contributed by atoms with E-state index in [2.05, 4.69) is 40.0 Å². The molecule has 338 valence electrons. The SMILES string of the molecule is Cc1ccc(S(=O)(=O)Nc2ccc(SSc3ccc(NS(=O)(=O)c4ccc(C)cc4)cc3)cc2)cc1.O=C(CS)Nc1ccccc1.O=C(O)CCS.O=[N+]([O-])c1ccccc1SCl. The van der Waals surface area contributed by atoms with Gasteiger partial charge in [-0.15, -0.1) is 0 Å². The second-order valence-corrected chi connectivity index (χ2v) is 20.3. The number of nitrogens with zero attached hydrogens (tertiary/aromatic N) is 1. The number of aryl methyl sites for hydroxylation is 2. The number of para-hydroxylation sites is 2. The van der Waals surface area contributed by atoms with Crippen LogP contribution >= 0.6 is 68.5 Å². The molecule has 6 aromatic carbocycles. The van der Waals surface area contributed by atoms with Crippen LogP contribution < -0.4 is 14.8 Å². The summed E-state index contributed by atoms with van der Waals surface area (Å²) in [5, 5.41) is 20.9. The molecule has 0 bridgehead atoms. The van der Waals surface area contributed by atoms with Gasteiger partial charge in [-0.25, -0.2) is 16.8 Å². The molecule has 0 atom stereocenters. The molecule has 6 rings (SSSR count). The third-order valence-electron chi connectivity index (χ3n) is 7.78. The molecule has 21 heteroatoms. The first-order valence-corrected chi connectivity index (χ1v) is 26.5. The van der Waals surface area contributed by atoms with E-state index < -0.39 is 30.9 Å². The number of carbonyl (C=O) groups is 2. The fourth-order valence-electron chi connectivity index (χ4n) is 4.61. The van der Waals surface area contributed by atoms with E-state index >= 15 is 0 Å². The number of nitrogens with one attached hydrogen (secondary N) is 3. The number of aliphatic carboxylic acids is 1. The van der Waals surface area contributed by atoms with Crippen LogP contribution in [0.5, 0.6) is 0 Å². The molecule has 4 N–H and O–H groups in total. The van der Waals surface area contributed by atoms with Gasteiger partial charge in [-0.1, -0.05) is 87.3 Å². The summed E-state index contributed by atoms with van der Waals surface area (Å²) >= 11 is 7.51. The minimum atomic E-state index is -3.65. The number of benzene rings is 6. The van der Waals surface area contributed by atoms with Crippen molar-refractivity contribution in [2.75, 3.05) is 26.3 Å².